The van der Waals surface area contributed by atoms with Crippen LogP contribution < -0.4 is 10.2 Å². The van der Waals surface area contributed by atoms with E-state index in [0.29, 0.717) is 5.02 Å². The number of para-hydroxylation sites is 1. The number of likely N-dealkylation sites (N-methyl/N-ethyl adjacent to an activating group) is 1. The van der Waals surface area contributed by atoms with E-state index in [1.165, 1.54) is 0 Å². The number of halogens is 1. The number of nitrogens with one attached hydrogen (secondary N) is 1. The predicted molar refractivity (Wildman–Crippen MR) is 125 cm³/mol. The highest BCUT2D eigenvalue weighted by atomic mass is 35.5. The van der Waals surface area contributed by atoms with Crippen LogP contribution in [0.4, 0.5) is 11.4 Å². The Morgan fingerprint density at radius 2 is 1.83 bits per heavy atom. The highest BCUT2D eigenvalue weighted by molar-refractivity contribution is 6.31. The molecule has 1 saturated heterocycles. The molecule has 1 amide bonds. The van der Waals surface area contributed by atoms with E-state index in [1.807, 2.05) is 43.3 Å². The molecule has 0 atom stereocenters. The van der Waals surface area contributed by atoms with E-state index in [2.05, 4.69) is 35.2 Å². The van der Waals surface area contributed by atoms with Crippen LogP contribution in [0.3, 0.4) is 0 Å². The number of rotatable bonds is 4. The molecule has 30 heavy (non-hydrogen) atoms. The molecule has 156 valence electrons. The van der Waals surface area contributed by atoms with Crippen LogP contribution in [0.5, 0.6) is 0 Å². The maximum absolute atomic E-state index is 13.0. The van der Waals surface area contributed by atoms with Gasteiger partial charge in [0.2, 0.25) is 5.91 Å². The summed E-state index contributed by atoms with van der Waals surface area (Å²) in [7, 11) is 2.13. The van der Waals surface area contributed by atoms with E-state index in [-0.39, 0.29) is 12.3 Å². The summed E-state index contributed by atoms with van der Waals surface area (Å²) in [6.07, 6.45) is 0.282. The van der Waals surface area contributed by atoms with E-state index >= 15 is 0 Å². The van der Waals surface area contributed by atoms with Crippen molar-refractivity contribution in [2.24, 2.45) is 0 Å². The number of hydrogen-bond acceptors (Lipinski definition) is 4. The number of carbonyl (C=O) groups is 1. The first-order chi connectivity index (χ1) is 14.4. The van der Waals surface area contributed by atoms with Crippen molar-refractivity contribution in [2.75, 3.05) is 43.4 Å². The zero-order valence-electron chi connectivity index (χ0n) is 17.7. The maximum atomic E-state index is 13.0. The minimum Gasteiger partial charge on any atom is -0.367 e. The van der Waals surface area contributed by atoms with Gasteiger partial charge >= 0.3 is 0 Å². The van der Waals surface area contributed by atoms with Gasteiger partial charge in [0.25, 0.3) is 0 Å². The fourth-order valence-corrected chi connectivity index (χ4v) is 4.29. The van der Waals surface area contributed by atoms with Gasteiger partial charge in [0, 0.05) is 42.3 Å². The van der Waals surface area contributed by atoms with E-state index in [0.717, 1.165) is 65.3 Å². The van der Waals surface area contributed by atoms with Gasteiger partial charge in [-0.25, -0.2) is 0 Å². The molecule has 2 aromatic carbocycles. The molecule has 0 radical (unpaired) electrons. The molecule has 3 aromatic rings. The summed E-state index contributed by atoms with van der Waals surface area (Å²) in [5.74, 6) is -0.0593. The number of pyridine rings is 1. The van der Waals surface area contributed by atoms with Crippen LogP contribution in [0.25, 0.3) is 10.9 Å². The van der Waals surface area contributed by atoms with E-state index < -0.39 is 0 Å². The van der Waals surface area contributed by atoms with Gasteiger partial charge in [-0.1, -0.05) is 29.8 Å². The summed E-state index contributed by atoms with van der Waals surface area (Å²) in [5.41, 5.74) is 5.73. The quantitative estimate of drug-likeness (QED) is 0.675. The summed E-state index contributed by atoms with van der Waals surface area (Å²) in [5, 5.41) is 4.81. The van der Waals surface area contributed by atoms with Crippen LogP contribution in [0.1, 0.15) is 16.8 Å². The Morgan fingerprint density at radius 3 is 2.60 bits per heavy atom. The van der Waals surface area contributed by atoms with Crippen LogP contribution in [0.2, 0.25) is 5.02 Å². The lowest BCUT2D eigenvalue weighted by molar-refractivity contribution is -0.115. The molecule has 6 heteroatoms. The van der Waals surface area contributed by atoms with Crippen LogP contribution in [-0.4, -0.2) is 49.0 Å². The van der Waals surface area contributed by atoms with E-state index in [9.17, 15) is 4.79 Å². The van der Waals surface area contributed by atoms with Crippen LogP contribution in [-0.2, 0) is 11.2 Å². The number of fused-ring (bicyclic) bond motifs is 1. The minimum absolute atomic E-state index is 0.0593. The molecule has 0 spiro atoms. The second-order valence-electron chi connectivity index (χ2n) is 7.99. The van der Waals surface area contributed by atoms with Crippen LogP contribution in [0, 0.1) is 13.8 Å². The highest BCUT2D eigenvalue weighted by Crippen LogP contribution is 2.30. The Bertz CT molecular complexity index is 1090. The highest BCUT2D eigenvalue weighted by Gasteiger charge is 2.19. The number of nitrogens with zero attached hydrogens (tertiary/aromatic N) is 3. The van der Waals surface area contributed by atoms with Gasteiger partial charge in [-0.2, -0.15) is 0 Å². The smallest absolute Gasteiger partial charge is 0.228 e. The second kappa shape index (κ2) is 8.62. The lowest BCUT2D eigenvalue weighted by atomic mass is 9.99. The number of aromatic nitrogens is 1. The molecule has 1 aliphatic rings. The van der Waals surface area contributed by atoms with Crippen molar-refractivity contribution in [2.45, 2.75) is 20.3 Å². The number of benzene rings is 2. The fraction of sp³-hybridized carbons (Fsp3) is 0.333. The summed E-state index contributed by atoms with van der Waals surface area (Å²) in [4.78, 5) is 22.3. The monoisotopic (exact) mass is 422 g/mol. The molecular weight excluding hydrogens is 396 g/mol. The van der Waals surface area contributed by atoms with Crippen molar-refractivity contribution in [1.82, 2.24) is 9.88 Å². The third-order valence-corrected chi connectivity index (χ3v) is 6.13. The lowest BCUT2D eigenvalue weighted by Gasteiger charge is -2.35. The Morgan fingerprint density at radius 1 is 1.10 bits per heavy atom. The fourth-order valence-electron chi connectivity index (χ4n) is 4.12. The average molecular weight is 423 g/mol. The molecule has 5 nitrogen and oxygen atoms in total. The standard InChI is InChI=1S/C24H27ClN4O/c1-16-19-6-4-5-7-21(19)26-17(2)20(16)15-24(30)27-22-14-18(25)8-9-23(22)29-12-10-28(3)11-13-29/h4-9,14H,10-13,15H2,1-3H3,(H,27,30). The van der Waals surface area contributed by atoms with Gasteiger partial charge in [-0.3, -0.25) is 9.78 Å². The summed E-state index contributed by atoms with van der Waals surface area (Å²) in [6.45, 7) is 7.88. The third kappa shape index (κ3) is 4.27. The molecule has 1 N–H and O–H groups in total. The van der Waals surface area contributed by atoms with Gasteiger partial charge in [0.05, 0.1) is 23.3 Å². The SMILES string of the molecule is Cc1nc2ccccc2c(C)c1CC(=O)Nc1cc(Cl)ccc1N1CCN(C)CC1. The van der Waals surface area contributed by atoms with Crippen LogP contribution in [0.15, 0.2) is 42.5 Å². The molecule has 0 saturated carbocycles. The summed E-state index contributed by atoms with van der Waals surface area (Å²) < 4.78 is 0. The van der Waals surface area contributed by atoms with Crippen molar-refractivity contribution in [1.29, 1.82) is 0 Å². The summed E-state index contributed by atoms with van der Waals surface area (Å²) in [6, 6.07) is 13.8. The zero-order chi connectivity index (χ0) is 21.3. The predicted octanol–water partition coefficient (Wildman–Crippen LogP) is 4.44. The minimum atomic E-state index is -0.0593. The van der Waals surface area contributed by atoms with Crippen molar-refractivity contribution >= 4 is 39.8 Å². The number of anilines is 2. The van der Waals surface area contributed by atoms with Gasteiger partial charge in [0.1, 0.15) is 0 Å². The van der Waals surface area contributed by atoms with E-state index in [4.69, 9.17) is 16.6 Å². The molecule has 0 unspecified atom stereocenters. The largest absolute Gasteiger partial charge is 0.367 e. The third-order valence-electron chi connectivity index (χ3n) is 5.90. The molecule has 1 aliphatic heterocycles. The molecule has 1 aromatic heterocycles. The normalized spacial score (nSPS) is 14.9. The average Bonchev–Trinajstić information content (AvgIpc) is 2.72. The number of amides is 1. The van der Waals surface area contributed by atoms with Crippen LogP contribution >= 0.6 is 11.6 Å². The molecule has 0 aliphatic carbocycles. The van der Waals surface area contributed by atoms with Gasteiger partial charge in [-0.15, -0.1) is 0 Å². The van der Waals surface area contributed by atoms with Crippen molar-refractivity contribution in [3.8, 4) is 0 Å². The molecule has 4 rings (SSSR count). The molecule has 2 heterocycles. The number of hydrogen-bond donors (Lipinski definition) is 1. The second-order valence-corrected chi connectivity index (χ2v) is 8.43. The zero-order valence-corrected chi connectivity index (χ0v) is 18.5. The molecular formula is C24H27ClN4O. The van der Waals surface area contributed by atoms with Gasteiger partial charge in [-0.05, 0) is 56.3 Å². The molecule has 1 fully saturated rings. The molecule has 0 bridgehead atoms. The Kier molecular flexibility index (Phi) is 5.93. The number of aryl methyl sites for hydroxylation is 2. The summed E-state index contributed by atoms with van der Waals surface area (Å²) >= 11 is 6.25. The van der Waals surface area contributed by atoms with Crippen molar-refractivity contribution in [3.05, 3.63) is 64.3 Å². The Labute approximate surface area is 182 Å². The topological polar surface area (TPSA) is 48.5 Å². The Hall–Kier alpha value is -2.63. The first kappa shape index (κ1) is 20.6. The first-order valence-electron chi connectivity index (χ1n) is 10.3. The lowest BCUT2D eigenvalue weighted by Crippen LogP contribution is -2.44. The van der Waals surface area contributed by atoms with Crippen molar-refractivity contribution in [3.63, 3.8) is 0 Å². The van der Waals surface area contributed by atoms with Gasteiger partial charge < -0.3 is 15.1 Å². The number of piperazine rings is 1. The number of carbonyl (C=O) groups excluding carboxylic acids is 1. The van der Waals surface area contributed by atoms with Gasteiger partial charge in [0.15, 0.2) is 0 Å². The first-order valence-corrected chi connectivity index (χ1v) is 10.7. The van der Waals surface area contributed by atoms with Crippen molar-refractivity contribution < 1.29 is 4.79 Å². The Balaban J connectivity index is 1.58. The van der Waals surface area contributed by atoms with E-state index in [1.54, 1.807) is 0 Å². The maximum Gasteiger partial charge on any atom is 0.228 e.